The normalized spacial score (nSPS) is 15.8. The summed E-state index contributed by atoms with van der Waals surface area (Å²) >= 11 is 0. The second-order valence-electron chi connectivity index (χ2n) is 5.88. The van der Waals surface area contributed by atoms with Gasteiger partial charge in [0, 0.05) is 12.5 Å². The summed E-state index contributed by atoms with van der Waals surface area (Å²) in [4.78, 5) is 11.9. The third kappa shape index (κ3) is 4.64. The summed E-state index contributed by atoms with van der Waals surface area (Å²) in [7, 11) is 0. The number of hydrogen-bond donors (Lipinski definition) is 1. The molecule has 0 spiro atoms. The summed E-state index contributed by atoms with van der Waals surface area (Å²) in [5.74, 6) is 0.462. The fraction of sp³-hybridized carbons (Fsp3) is 0.588. The van der Waals surface area contributed by atoms with Crippen molar-refractivity contribution in [2.75, 3.05) is 0 Å². The van der Waals surface area contributed by atoms with Crippen LogP contribution in [0.1, 0.15) is 50.7 Å². The summed E-state index contributed by atoms with van der Waals surface area (Å²) in [5, 5.41) is 3.04. The molecule has 1 fully saturated rings. The molecule has 20 heavy (non-hydrogen) atoms. The Balaban J connectivity index is 1.77. The number of nitrogens with one attached hydrogen (secondary N) is 1. The Hall–Kier alpha value is -1.35. The van der Waals surface area contributed by atoms with Crippen LogP contribution in [-0.2, 0) is 22.7 Å². The highest BCUT2D eigenvalue weighted by atomic mass is 16.5. The first kappa shape index (κ1) is 15.0. The summed E-state index contributed by atoms with van der Waals surface area (Å²) in [6.45, 7) is 5.34. The van der Waals surface area contributed by atoms with E-state index in [1.165, 1.54) is 18.4 Å². The van der Waals surface area contributed by atoms with E-state index in [1.807, 2.05) is 13.8 Å². The molecule has 0 aliphatic heterocycles. The number of benzene rings is 1. The van der Waals surface area contributed by atoms with Crippen LogP contribution in [-0.4, -0.2) is 12.0 Å². The second kappa shape index (κ2) is 7.44. The molecule has 110 valence electrons. The molecule has 0 radical (unpaired) electrons. The highest BCUT2D eigenvalue weighted by Crippen LogP contribution is 2.24. The SMILES string of the molecule is CC(C)OCc1ccc(CNC(=O)C2CCCC2)cc1. The molecule has 3 heteroatoms. The molecule has 0 aromatic heterocycles. The molecule has 0 bridgehead atoms. The van der Waals surface area contributed by atoms with E-state index in [0.29, 0.717) is 13.2 Å². The maximum atomic E-state index is 11.9. The van der Waals surface area contributed by atoms with E-state index in [-0.39, 0.29) is 17.9 Å². The Morgan fingerprint density at radius 1 is 1.20 bits per heavy atom. The molecule has 1 aliphatic carbocycles. The Labute approximate surface area is 121 Å². The van der Waals surface area contributed by atoms with Crippen LogP contribution in [0.4, 0.5) is 0 Å². The molecule has 1 N–H and O–H groups in total. The number of amides is 1. The Morgan fingerprint density at radius 3 is 2.40 bits per heavy atom. The van der Waals surface area contributed by atoms with Crippen LogP contribution in [0.3, 0.4) is 0 Å². The minimum atomic E-state index is 0.217. The van der Waals surface area contributed by atoms with Gasteiger partial charge in [0.05, 0.1) is 12.7 Å². The van der Waals surface area contributed by atoms with Gasteiger partial charge in [-0.2, -0.15) is 0 Å². The minimum absolute atomic E-state index is 0.217. The zero-order valence-corrected chi connectivity index (χ0v) is 12.5. The summed E-state index contributed by atoms with van der Waals surface area (Å²) in [5.41, 5.74) is 2.31. The van der Waals surface area contributed by atoms with Crippen molar-refractivity contribution in [1.82, 2.24) is 5.32 Å². The van der Waals surface area contributed by atoms with Crippen LogP contribution in [0, 0.1) is 5.92 Å². The molecule has 0 saturated heterocycles. The van der Waals surface area contributed by atoms with Crippen molar-refractivity contribution in [3.63, 3.8) is 0 Å². The van der Waals surface area contributed by atoms with Gasteiger partial charge in [-0.15, -0.1) is 0 Å². The van der Waals surface area contributed by atoms with Crippen molar-refractivity contribution >= 4 is 5.91 Å². The molecule has 1 aromatic rings. The fourth-order valence-corrected chi connectivity index (χ4v) is 2.54. The van der Waals surface area contributed by atoms with Crippen molar-refractivity contribution in [3.05, 3.63) is 35.4 Å². The van der Waals surface area contributed by atoms with Gasteiger partial charge in [0.1, 0.15) is 0 Å². The van der Waals surface area contributed by atoms with Gasteiger partial charge in [-0.25, -0.2) is 0 Å². The Kier molecular flexibility index (Phi) is 5.60. The van der Waals surface area contributed by atoms with Crippen LogP contribution >= 0.6 is 0 Å². The first-order chi connectivity index (χ1) is 9.65. The van der Waals surface area contributed by atoms with E-state index in [2.05, 4.69) is 29.6 Å². The molecule has 2 rings (SSSR count). The van der Waals surface area contributed by atoms with Crippen LogP contribution in [0.15, 0.2) is 24.3 Å². The average molecular weight is 275 g/mol. The molecule has 1 aliphatic rings. The molecule has 1 amide bonds. The van der Waals surface area contributed by atoms with Gasteiger partial charge in [-0.05, 0) is 37.8 Å². The Morgan fingerprint density at radius 2 is 1.80 bits per heavy atom. The largest absolute Gasteiger partial charge is 0.374 e. The number of rotatable bonds is 6. The van der Waals surface area contributed by atoms with Crippen LogP contribution in [0.5, 0.6) is 0 Å². The average Bonchev–Trinajstić information content (AvgIpc) is 2.98. The summed E-state index contributed by atoms with van der Waals surface area (Å²) in [6, 6.07) is 8.26. The van der Waals surface area contributed by atoms with Gasteiger partial charge in [-0.1, -0.05) is 37.1 Å². The lowest BCUT2D eigenvalue weighted by Crippen LogP contribution is -2.28. The van der Waals surface area contributed by atoms with Crippen molar-refractivity contribution in [1.29, 1.82) is 0 Å². The lowest BCUT2D eigenvalue weighted by molar-refractivity contribution is -0.124. The molecular formula is C17H25NO2. The van der Waals surface area contributed by atoms with Crippen molar-refractivity contribution in [3.8, 4) is 0 Å². The van der Waals surface area contributed by atoms with E-state index in [1.54, 1.807) is 0 Å². The quantitative estimate of drug-likeness (QED) is 0.864. The van der Waals surface area contributed by atoms with Crippen LogP contribution in [0.2, 0.25) is 0 Å². The highest BCUT2D eigenvalue weighted by molar-refractivity contribution is 5.78. The van der Waals surface area contributed by atoms with Gasteiger partial charge in [0.15, 0.2) is 0 Å². The minimum Gasteiger partial charge on any atom is -0.374 e. The van der Waals surface area contributed by atoms with E-state index in [0.717, 1.165) is 18.4 Å². The first-order valence-electron chi connectivity index (χ1n) is 7.62. The van der Waals surface area contributed by atoms with Crippen molar-refractivity contribution < 1.29 is 9.53 Å². The highest BCUT2D eigenvalue weighted by Gasteiger charge is 2.21. The monoisotopic (exact) mass is 275 g/mol. The van der Waals surface area contributed by atoms with E-state index in [4.69, 9.17) is 4.74 Å². The molecular weight excluding hydrogens is 250 g/mol. The zero-order valence-electron chi connectivity index (χ0n) is 12.5. The van der Waals surface area contributed by atoms with E-state index in [9.17, 15) is 4.79 Å². The molecule has 1 aromatic carbocycles. The van der Waals surface area contributed by atoms with Crippen molar-refractivity contribution in [2.24, 2.45) is 5.92 Å². The predicted octanol–water partition coefficient (Wildman–Crippen LogP) is 3.42. The van der Waals surface area contributed by atoms with E-state index < -0.39 is 0 Å². The molecule has 0 atom stereocenters. The third-order valence-corrected chi connectivity index (χ3v) is 3.80. The number of carbonyl (C=O) groups excluding carboxylic acids is 1. The maximum absolute atomic E-state index is 11.9. The smallest absolute Gasteiger partial charge is 0.223 e. The van der Waals surface area contributed by atoms with Gasteiger partial charge in [0.25, 0.3) is 0 Å². The number of carbonyl (C=O) groups is 1. The van der Waals surface area contributed by atoms with Gasteiger partial charge in [0.2, 0.25) is 5.91 Å². The third-order valence-electron chi connectivity index (χ3n) is 3.80. The fourth-order valence-electron chi connectivity index (χ4n) is 2.54. The van der Waals surface area contributed by atoms with Crippen molar-refractivity contribution in [2.45, 2.75) is 58.8 Å². The standard InChI is InChI=1S/C17H25NO2/c1-13(2)20-12-15-9-7-14(8-10-15)11-18-17(19)16-5-3-4-6-16/h7-10,13,16H,3-6,11-12H2,1-2H3,(H,18,19). The maximum Gasteiger partial charge on any atom is 0.223 e. The van der Waals surface area contributed by atoms with Gasteiger partial charge >= 0.3 is 0 Å². The van der Waals surface area contributed by atoms with E-state index >= 15 is 0 Å². The number of hydrogen-bond acceptors (Lipinski definition) is 2. The predicted molar refractivity (Wildman–Crippen MR) is 80.2 cm³/mol. The topological polar surface area (TPSA) is 38.3 Å². The first-order valence-corrected chi connectivity index (χ1v) is 7.62. The van der Waals surface area contributed by atoms with Crippen LogP contribution in [0.25, 0.3) is 0 Å². The van der Waals surface area contributed by atoms with Gasteiger partial charge in [-0.3, -0.25) is 4.79 Å². The zero-order chi connectivity index (χ0) is 14.4. The Bertz CT molecular complexity index is 419. The molecule has 0 heterocycles. The molecule has 3 nitrogen and oxygen atoms in total. The molecule has 1 saturated carbocycles. The van der Waals surface area contributed by atoms with Crippen LogP contribution < -0.4 is 5.32 Å². The molecule has 0 unspecified atom stereocenters. The number of ether oxygens (including phenoxy) is 1. The lowest BCUT2D eigenvalue weighted by atomic mass is 10.1. The van der Waals surface area contributed by atoms with Gasteiger partial charge < -0.3 is 10.1 Å². The second-order valence-corrected chi connectivity index (χ2v) is 5.88. The lowest BCUT2D eigenvalue weighted by Gasteiger charge is -2.11. The summed E-state index contributed by atoms with van der Waals surface area (Å²) in [6.07, 6.45) is 4.75. The summed E-state index contributed by atoms with van der Waals surface area (Å²) < 4.78 is 5.56.